The number of nitrogens with one attached hydrogen (secondary N) is 1. The lowest BCUT2D eigenvalue weighted by molar-refractivity contribution is -0.384. The molecule has 0 saturated heterocycles. The Morgan fingerprint density at radius 3 is 2.95 bits per heavy atom. The molecule has 110 valence electrons. The molecule has 0 atom stereocenters. The van der Waals surface area contributed by atoms with Crippen LogP contribution in [0, 0.1) is 10.1 Å². The van der Waals surface area contributed by atoms with Gasteiger partial charge in [-0.05, 0) is 6.07 Å². The van der Waals surface area contributed by atoms with Crippen molar-refractivity contribution >= 4 is 22.5 Å². The topological polar surface area (TPSA) is 112 Å². The Bertz CT molecular complexity index is 695. The predicted octanol–water partition coefficient (Wildman–Crippen LogP) is 1.09. The summed E-state index contributed by atoms with van der Waals surface area (Å²) >= 11 is 0. The molecule has 8 heteroatoms. The van der Waals surface area contributed by atoms with Crippen LogP contribution in [0.3, 0.4) is 0 Å². The van der Waals surface area contributed by atoms with E-state index in [9.17, 15) is 14.9 Å². The molecule has 2 aromatic rings. The molecular formula is C13H14N4O4. The molecule has 2 N–H and O–H groups in total. The van der Waals surface area contributed by atoms with Crippen molar-refractivity contribution in [2.75, 3.05) is 19.7 Å². The van der Waals surface area contributed by atoms with Crippen LogP contribution in [-0.4, -0.2) is 50.7 Å². The number of carbonyl (C=O) groups is 1. The lowest BCUT2D eigenvalue weighted by atomic mass is 10.1. The molecule has 1 amide bonds. The van der Waals surface area contributed by atoms with Gasteiger partial charge in [-0.15, -0.1) is 6.58 Å². The van der Waals surface area contributed by atoms with Crippen molar-refractivity contribution in [3.05, 3.63) is 46.7 Å². The zero-order valence-corrected chi connectivity index (χ0v) is 11.2. The molecule has 1 heterocycles. The van der Waals surface area contributed by atoms with E-state index < -0.39 is 10.8 Å². The summed E-state index contributed by atoms with van der Waals surface area (Å²) in [6, 6.07) is 4.14. The van der Waals surface area contributed by atoms with E-state index >= 15 is 0 Å². The van der Waals surface area contributed by atoms with Crippen LogP contribution in [0.15, 0.2) is 30.9 Å². The average Bonchev–Trinajstić information content (AvgIpc) is 2.89. The van der Waals surface area contributed by atoms with E-state index in [1.54, 1.807) is 0 Å². The summed E-state index contributed by atoms with van der Waals surface area (Å²) < 4.78 is 0. The number of nitro groups is 1. The van der Waals surface area contributed by atoms with Gasteiger partial charge in [0.05, 0.1) is 17.0 Å². The van der Waals surface area contributed by atoms with Crippen molar-refractivity contribution in [3.8, 4) is 0 Å². The van der Waals surface area contributed by atoms with Gasteiger partial charge < -0.3 is 10.0 Å². The zero-order valence-electron chi connectivity index (χ0n) is 11.2. The van der Waals surface area contributed by atoms with E-state index in [-0.39, 0.29) is 31.1 Å². The standard InChI is InChI=1S/C13H14N4O4/c1-2-5-16(6-7-18)13(19)12-10-8-9(17(20)21)3-4-11(10)14-15-12/h2-4,8,18H,1,5-7H2,(H,14,15). The van der Waals surface area contributed by atoms with Crippen LogP contribution in [0.1, 0.15) is 10.5 Å². The van der Waals surface area contributed by atoms with Gasteiger partial charge in [0.2, 0.25) is 0 Å². The Hall–Kier alpha value is -2.74. The largest absolute Gasteiger partial charge is 0.395 e. The van der Waals surface area contributed by atoms with Gasteiger partial charge in [0, 0.05) is 30.6 Å². The van der Waals surface area contributed by atoms with Crippen LogP contribution in [0.5, 0.6) is 0 Å². The molecule has 1 aromatic heterocycles. The molecule has 0 aliphatic rings. The number of benzene rings is 1. The van der Waals surface area contributed by atoms with Crippen LogP contribution in [0.2, 0.25) is 0 Å². The number of amides is 1. The highest BCUT2D eigenvalue weighted by Crippen LogP contribution is 2.23. The SMILES string of the molecule is C=CCN(CCO)C(=O)c1n[nH]c2ccc([N+](=O)[O-])cc12. The third kappa shape index (κ3) is 2.90. The first-order valence-electron chi connectivity index (χ1n) is 6.22. The molecule has 0 aliphatic heterocycles. The molecule has 0 spiro atoms. The van der Waals surface area contributed by atoms with Gasteiger partial charge in [-0.2, -0.15) is 5.10 Å². The molecule has 0 radical (unpaired) electrons. The van der Waals surface area contributed by atoms with Crippen molar-refractivity contribution < 1.29 is 14.8 Å². The fraction of sp³-hybridized carbons (Fsp3) is 0.231. The maximum Gasteiger partial charge on any atom is 0.275 e. The van der Waals surface area contributed by atoms with Crippen LogP contribution in [-0.2, 0) is 0 Å². The number of aromatic amines is 1. The number of carbonyl (C=O) groups excluding carboxylic acids is 1. The second-order valence-electron chi connectivity index (χ2n) is 4.32. The third-order valence-corrected chi connectivity index (χ3v) is 2.97. The number of aliphatic hydroxyl groups excluding tert-OH is 1. The van der Waals surface area contributed by atoms with Crippen molar-refractivity contribution in [2.24, 2.45) is 0 Å². The number of non-ortho nitro benzene ring substituents is 1. The summed E-state index contributed by atoms with van der Waals surface area (Å²) in [7, 11) is 0. The summed E-state index contributed by atoms with van der Waals surface area (Å²) in [6.07, 6.45) is 1.53. The number of H-pyrrole nitrogens is 1. The second kappa shape index (κ2) is 6.14. The van der Waals surface area contributed by atoms with Gasteiger partial charge in [0.25, 0.3) is 11.6 Å². The minimum Gasteiger partial charge on any atom is -0.395 e. The second-order valence-corrected chi connectivity index (χ2v) is 4.32. The van der Waals surface area contributed by atoms with Gasteiger partial charge in [-0.3, -0.25) is 20.0 Å². The summed E-state index contributed by atoms with van der Waals surface area (Å²) in [5.41, 5.74) is 0.505. The number of aliphatic hydroxyl groups is 1. The molecule has 0 fully saturated rings. The number of aromatic nitrogens is 2. The molecule has 21 heavy (non-hydrogen) atoms. The summed E-state index contributed by atoms with van der Waals surface area (Å²) in [5.74, 6) is -0.421. The highest BCUT2D eigenvalue weighted by Gasteiger charge is 2.21. The Labute approximate surface area is 119 Å². The maximum atomic E-state index is 12.4. The smallest absolute Gasteiger partial charge is 0.275 e. The Kier molecular flexibility index (Phi) is 4.29. The number of nitro benzene ring substituents is 1. The van der Waals surface area contributed by atoms with Gasteiger partial charge in [0.1, 0.15) is 0 Å². The third-order valence-electron chi connectivity index (χ3n) is 2.97. The number of hydrogen-bond acceptors (Lipinski definition) is 5. The average molecular weight is 290 g/mol. The zero-order chi connectivity index (χ0) is 15.4. The molecule has 0 aliphatic carbocycles. The van der Waals surface area contributed by atoms with E-state index in [0.29, 0.717) is 10.9 Å². The van der Waals surface area contributed by atoms with Gasteiger partial charge in [-0.1, -0.05) is 6.08 Å². The lowest BCUT2D eigenvalue weighted by Crippen LogP contribution is -2.34. The molecule has 8 nitrogen and oxygen atoms in total. The van der Waals surface area contributed by atoms with E-state index in [1.807, 2.05) is 0 Å². The van der Waals surface area contributed by atoms with E-state index in [1.165, 1.54) is 29.2 Å². The summed E-state index contributed by atoms with van der Waals surface area (Å²) in [6.45, 7) is 3.75. The molecular weight excluding hydrogens is 276 g/mol. The normalized spacial score (nSPS) is 10.5. The van der Waals surface area contributed by atoms with E-state index in [2.05, 4.69) is 16.8 Å². The molecule has 0 saturated carbocycles. The number of rotatable bonds is 6. The molecule has 0 bridgehead atoms. The van der Waals surface area contributed by atoms with Gasteiger partial charge in [0.15, 0.2) is 5.69 Å². The van der Waals surface area contributed by atoms with Crippen LogP contribution >= 0.6 is 0 Å². The quantitative estimate of drug-likeness (QED) is 0.470. The first-order valence-corrected chi connectivity index (χ1v) is 6.22. The van der Waals surface area contributed by atoms with Crippen molar-refractivity contribution in [3.63, 3.8) is 0 Å². The van der Waals surface area contributed by atoms with Gasteiger partial charge >= 0.3 is 0 Å². The fourth-order valence-corrected chi connectivity index (χ4v) is 1.98. The van der Waals surface area contributed by atoms with Crippen molar-refractivity contribution in [1.29, 1.82) is 0 Å². The lowest BCUT2D eigenvalue weighted by Gasteiger charge is -2.18. The van der Waals surface area contributed by atoms with E-state index in [0.717, 1.165) is 0 Å². The Balaban J connectivity index is 2.44. The van der Waals surface area contributed by atoms with Crippen LogP contribution in [0.4, 0.5) is 5.69 Å². The maximum absolute atomic E-state index is 12.4. The molecule has 0 unspecified atom stereocenters. The van der Waals surface area contributed by atoms with Crippen LogP contribution in [0.25, 0.3) is 10.9 Å². The Morgan fingerprint density at radius 2 is 2.33 bits per heavy atom. The van der Waals surface area contributed by atoms with Crippen molar-refractivity contribution in [2.45, 2.75) is 0 Å². The van der Waals surface area contributed by atoms with E-state index in [4.69, 9.17) is 5.11 Å². The first kappa shape index (κ1) is 14.7. The highest BCUT2D eigenvalue weighted by atomic mass is 16.6. The first-order chi connectivity index (χ1) is 10.1. The Morgan fingerprint density at radius 1 is 1.57 bits per heavy atom. The highest BCUT2D eigenvalue weighted by molar-refractivity contribution is 6.05. The summed E-state index contributed by atoms with van der Waals surface area (Å²) in [4.78, 5) is 24.0. The fourth-order valence-electron chi connectivity index (χ4n) is 1.98. The number of hydrogen-bond donors (Lipinski definition) is 2. The molecule has 1 aromatic carbocycles. The predicted molar refractivity (Wildman–Crippen MR) is 75.9 cm³/mol. The number of fused-ring (bicyclic) bond motifs is 1. The van der Waals surface area contributed by atoms with Gasteiger partial charge in [-0.25, -0.2) is 0 Å². The van der Waals surface area contributed by atoms with Crippen molar-refractivity contribution in [1.82, 2.24) is 15.1 Å². The minimum absolute atomic E-state index is 0.0870. The molecule has 2 rings (SSSR count). The minimum atomic E-state index is -0.532. The summed E-state index contributed by atoms with van der Waals surface area (Å²) in [5, 5.41) is 26.8. The number of nitrogens with zero attached hydrogens (tertiary/aromatic N) is 3. The van der Waals surface area contributed by atoms with Crippen LogP contribution < -0.4 is 0 Å². The monoisotopic (exact) mass is 290 g/mol.